The van der Waals surface area contributed by atoms with Gasteiger partial charge in [-0.3, -0.25) is 9.69 Å². The highest BCUT2D eigenvalue weighted by Crippen LogP contribution is 2.38. The standard InChI is InChI=1S/C18H20N4O2/c1-4-13-6-5-7-15(10-13)19-16(23)11-22(3)12(2)18-20-17(21-24-18)14-8-9-14/h1,5-7,10,12,14H,8-9,11H2,2-3H3,(H,19,23). The normalized spacial score (nSPS) is 15.1. The van der Waals surface area contributed by atoms with Gasteiger partial charge in [-0.15, -0.1) is 6.42 Å². The molecule has 0 aliphatic heterocycles. The van der Waals surface area contributed by atoms with Gasteiger partial charge in [-0.2, -0.15) is 4.98 Å². The van der Waals surface area contributed by atoms with Crippen LogP contribution in [0, 0.1) is 12.3 Å². The molecule has 1 aromatic heterocycles. The Morgan fingerprint density at radius 2 is 2.33 bits per heavy atom. The van der Waals surface area contributed by atoms with Gasteiger partial charge >= 0.3 is 0 Å². The number of nitrogens with one attached hydrogen (secondary N) is 1. The lowest BCUT2D eigenvalue weighted by Crippen LogP contribution is -2.32. The molecule has 0 spiro atoms. The Labute approximate surface area is 141 Å². The first kappa shape index (κ1) is 16.2. The van der Waals surface area contributed by atoms with Crippen LogP contribution in [0.15, 0.2) is 28.8 Å². The molecule has 6 heteroatoms. The SMILES string of the molecule is C#Cc1cccc(NC(=O)CN(C)C(C)c2nc(C3CC3)no2)c1. The summed E-state index contributed by atoms with van der Waals surface area (Å²) in [6.07, 6.45) is 7.62. The summed E-state index contributed by atoms with van der Waals surface area (Å²) in [6.45, 7) is 2.15. The molecule has 1 unspecified atom stereocenters. The fourth-order valence-electron chi connectivity index (χ4n) is 2.36. The van der Waals surface area contributed by atoms with Crippen LogP contribution in [0.5, 0.6) is 0 Å². The monoisotopic (exact) mass is 324 g/mol. The van der Waals surface area contributed by atoms with E-state index in [1.54, 1.807) is 6.07 Å². The number of benzene rings is 1. The van der Waals surface area contributed by atoms with E-state index in [1.165, 1.54) is 0 Å². The number of carbonyl (C=O) groups is 1. The zero-order chi connectivity index (χ0) is 17.1. The van der Waals surface area contributed by atoms with Gasteiger partial charge < -0.3 is 9.84 Å². The van der Waals surface area contributed by atoms with Crippen molar-refractivity contribution in [1.29, 1.82) is 0 Å². The van der Waals surface area contributed by atoms with Crippen molar-refractivity contribution in [2.24, 2.45) is 0 Å². The third-order valence-electron chi connectivity index (χ3n) is 4.12. The smallest absolute Gasteiger partial charge is 0.243 e. The summed E-state index contributed by atoms with van der Waals surface area (Å²) < 4.78 is 5.32. The van der Waals surface area contributed by atoms with Gasteiger partial charge in [-0.1, -0.05) is 17.1 Å². The average Bonchev–Trinajstić information content (AvgIpc) is 3.31. The van der Waals surface area contributed by atoms with E-state index in [4.69, 9.17) is 10.9 Å². The number of aromatic nitrogens is 2. The molecule has 2 aromatic rings. The molecule has 24 heavy (non-hydrogen) atoms. The van der Waals surface area contributed by atoms with Gasteiger partial charge in [0, 0.05) is 17.2 Å². The predicted molar refractivity (Wildman–Crippen MR) is 90.3 cm³/mol. The highest BCUT2D eigenvalue weighted by Gasteiger charge is 2.30. The Morgan fingerprint density at radius 3 is 3.04 bits per heavy atom. The first-order valence-corrected chi connectivity index (χ1v) is 7.97. The van der Waals surface area contributed by atoms with E-state index in [2.05, 4.69) is 21.4 Å². The summed E-state index contributed by atoms with van der Waals surface area (Å²) in [5.41, 5.74) is 1.42. The van der Waals surface area contributed by atoms with Gasteiger partial charge in [0.25, 0.3) is 0 Å². The fourth-order valence-corrected chi connectivity index (χ4v) is 2.36. The molecule has 3 rings (SSSR count). The summed E-state index contributed by atoms with van der Waals surface area (Å²) >= 11 is 0. The molecule has 1 fully saturated rings. The summed E-state index contributed by atoms with van der Waals surface area (Å²) in [5.74, 6) is 4.20. The van der Waals surface area contributed by atoms with Gasteiger partial charge in [-0.25, -0.2) is 0 Å². The summed E-state index contributed by atoms with van der Waals surface area (Å²) in [6, 6.07) is 7.07. The van der Waals surface area contributed by atoms with E-state index in [-0.39, 0.29) is 18.5 Å². The van der Waals surface area contributed by atoms with E-state index < -0.39 is 0 Å². The molecule has 1 amide bonds. The second-order valence-electron chi connectivity index (χ2n) is 6.13. The maximum atomic E-state index is 12.2. The van der Waals surface area contributed by atoms with Crippen LogP contribution in [0.2, 0.25) is 0 Å². The highest BCUT2D eigenvalue weighted by atomic mass is 16.5. The summed E-state index contributed by atoms with van der Waals surface area (Å²) in [5, 5.41) is 6.86. The zero-order valence-electron chi connectivity index (χ0n) is 13.8. The number of carbonyl (C=O) groups excluding carboxylic acids is 1. The van der Waals surface area contributed by atoms with Crippen molar-refractivity contribution in [3.63, 3.8) is 0 Å². The summed E-state index contributed by atoms with van der Waals surface area (Å²) in [7, 11) is 1.85. The lowest BCUT2D eigenvalue weighted by atomic mass is 10.2. The molecule has 1 saturated carbocycles. The van der Waals surface area contributed by atoms with Crippen LogP contribution in [0.3, 0.4) is 0 Å². The van der Waals surface area contributed by atoms with Crippen LogP contribution in [-0.4, -0.2) is 34.5 Å². The first-order chi connectivity index (χ1) is 11.6. The Hall–Kier alpha value is -2.65. The van der Waals surface area contributed by atoms with Gasteiger partial charge in [0.2, 0.25) is 11.8 Å². The van der Waals surface area contributed by atoms with E-state index in [9.17, 15) is 4.79 Å². The van der Waals surface area contributed by atoms with Crippen molar-refractivity contribution in [2.45, 2.75) is 31.7 Å². The molecule has 1 atom stereocenters. The van der Waals surface area contributed by atoms with Crippen LogP contribution in [0.4, 0.5) is 5.69 Å². The molecule has 1 aromatic carbocycles. The minimum atomic E-state index is -0.132. The number of nitrogens with zero attached hydrogens (tertiary/aromatic N) is 3. The Balaban J connectivity index is 1.57. The van der Waals surface area contributed by atoms with Gasteiger partial charge in [0.15, 0.2) is 5.82 Å². The van der Waals surface area contributed by atoms with Crippen molar-refractivity contribution < 1.29 is 9.32 Å². The van der Waals surface area contributed by atoms with Crippen LogP contribution in [0.25, 0.3) is 0 Å². The number of hydrogen-bond acceptors (Lipinski definition) is 5. The number of amides is 1. The molecule has 1 heterocycles. The van der Waals surface area contributed by atoms with Crippen LogP contribution < -0.4 is 5.32 Å². The van der Waals surface area contributed by atoms with Crippen molar-refractivity contribution >= 4 is 11.6 Å². The summed E-state index contributed by atoms with van der Waals surface area (Å²) in [4.78, 5) is 18.5. The van der Waals surface area contributed by atoms with Gasteiger partial charge in [-0.05, 0) is 45.0 Å². The molecule has 6 nitrogen and oxygen atoms in total. The molecular formula is C18H20N4O2. The molecule has 1 aliphatic carbocycles. The Bertz CT molecular complexity index is 773. The largest absolute Gasteiger partial charge is 0.338 e. The molecule has 0 radical (unpaired) electrons. The lowest BCUT2D eigenvalue weighted by molar-refractivity contribution is -0.117. The Morgan fingerprint density at radius 1 is 1.54 bits per heavy atom. The van der Waals surface area contributed by atoms with Crippen molar-refractivity contribution in [1.82, 2.24) is 15.0 Å². The minimum absolute atomic E-state index is 0.125. The third-order valence-corrected chi connectivity index (χ3v) is 4.12. The quantitative estimate of drug-likeness (QED) is 0.827. The maximum Gasteiger partial charge on any atom is 0.243 e. The average molecular weight is 324 g/mol. The third kappa shape index (κ3) is 3.81. The molecular weight excluding hydrogens is 304 g/mol. The van der Waals surface area contributed by atoms with Crippen molar-refractivity contribution in [3.05, 3.63) is 41.5 Å². The number of likely N-dealkylation sites (N-methyl/N-ethyl adjacent to an activating group) is 1. The highest BCUT2D eigenvalue weighted by molar-refractivity contribution is 5.92. The van der Waals surface area contributed by atoms with Crippen LogP contribution in [0.1, 0.15) is 49.0 Å². The maximum absolute atomic E-state index is 12.2. The van der Waals surface area contributed by atoms with E-state index in [1.807, 2.05) is 37.1 Å². The second-order valence-corrected chi connectivity index (χ2v) is 6.13. The molecule has 124 valence electrons. The number of anilines is 1. The second kappa shape index (κ2) is 6.85. The van der Waals surface area contributed by atoms with Crippen LogP contribution >= 0.6 is 0 Å². The fraction of sp³-hybridized carbons (Fsp3) is 0.389. The topological polar surface area (TPSA) is 71.3 Å². The molecule has 0 saturated heterocycles. The number of terminal acetylenes is 1. The lowest BCUT2D eigenvalue weighted by Gasteiger charge is -2.20. The first-order valence-electron chi connectivity index (χ1n) is 7.97. The molecule has 0 bridgehead atoms. The van der Waals surface area contributed by atoms with E-state index >= 15 is 0 Å². The van der Waals surface area contributed by atoms with E-state index in [0.717, 1.165) is 24.2 Å². The van der Waals surface area contributed by atoms with E-state index in [0.29, 0.717) is 17.5 Å². The number of rotatable bonds is 6. The van der Waals surface area contributed by atoms with Crippen molar-refractivity contribution in [2.75, 3.05) is 18.9 Å². The number of hydrogen-bond donors (Lipinski definition) is 1. The Kier molecular flexibility index (Phi) is 4.63. The molecule has 1 N–H and O–H groups in total. The van der Waals surface area contributed by atoms with Crippen molar-refractivity contribution in [3.8, 4) is 12.3 Å². The zero-order valence-corrected chi connectivity index (χ0v) is 13.8. The predicted octanol–water partition coefficient (Wildman–Crippen LogP) is 2.56. The molecule has 1 aliphatic rings. The van der Waals surface area contributed by atoms with Crippen LogP contribution in [-0.2, 0) is 4.79 Å². The minimum Gasteiger partial charge on any atom is -0.338 e. The van der Waals surface area contributed by atoms with Gasteiger partial charge in [0.05, 0.1) is 12.6 Å². The van der Waals surface area contributed by atoms with Gasteiger partial charge in [0.1, 0.15) is 0 Å².